The standard InChI is InChI=1S/C17H20N2/c1-19-11-9-15(18-19)7-6-14-12-17(14)10-8-13-4-2-3-5-16(13)17/h2-5,9,11,14H,6-8,10,12H2,1H3. The van der Waals surface area contributed by atoms with E-state index in [1.54, 1.807) is 11.1 Å². The first-order valence-electron chi connectivity index (χ1n) is 7.35. The molecule has 2 nitrogen and oxygen atoms in total. The molecule has 19 heavy (non-hydrogen) atoms. The van der Waals surface area contributed by atoms with Crippen LogP contribution in [0.5, 0.6) is 0 Å². The van der Waals surface area contributed by atoms with E-state index in [1.807, 2.05) is 17.9 Å². The van der Waals surface area contributed by atoms with Gasteiger partial charge in [0.05, 0.1) is 5.69 Å². The summed E-state index contributed by atoms with van der Waals surface area (Å²) in [6.45, 7) is 0. The van der Waals surface area contributed by atoms with Crippen molar-refractivity contribution in [3.05, 3.63) is 53.3 Å². The van der Waals surface area contributed by atoms with Gasteiger partial charge in [-0.25, -0.2) is 0 Å². The van der Waals surface area contributed by atoms with Crippen molar-refractivity contribution in [3.63, 3.8) is 0 Å². The zero-order valence-corrected chi connectivity index (χ0v) is 11.5. The van der Waals surface area contributed by atoms with Gasteiger partial charge in [0.1, 0.15) is 0 Å². The molecule has 1 spiro atoms. The predicted molar refractivity (Wildman–Crippen MR) is 76.1 cm³/mol. The van der Waals surface area contributed by atoms with Crippen LogP contribution in [-0.4, -0.2) is 9.78 Å². The molecule has 0 N–H and O–H groups in total. The lowest BCUT2D eigenvalue weighted by atomic mass is 9.93. The van der Waals surface area contributed by atoms with Crippen LogP contribution in [0.15, 0.2) is 36.5 Å². The van der Waals surface area contributed by atoms with E-state index in [0.717, 1.165) is 12.3 Å². The summed E-state index contributed by atoms with van der Waals surface area (Å²) in [5.41, 5.74) is 5.05. The van der Waals surface area contributed by atoms with Gasteiger partial charge in [0.15, 0.2) is 0 Å². The molecule has 0 radical (unpaired) electrons. The predicted octanol–water partition coefficient (Wildman–Crippen LogP) is 3.26. The monoisotopic (exact) mass is 252 g/mol. The normalized spacial score (nSPS) is 27.7. The maximum Gasteiger partial charge on any atom is 0.0624 e. The van der Waals surface area contributed by atoms with Gasteiger partial charge in [-0.05, 0) is 60.6 Å². The topological polar surface area (TPSA) is 17.8 Å². The molecular weight excluding hydrogens is 232 g/mol. The first-order chi connectivity index (χ1) is 9.28. The Bertz CT molecular complexity index is 613. The lowest BCUT2D eigenvalue weighted by Crippen LogP contribution is -2.05. The molecule has 2 aliphatic rings. The van der Waals surface area contributed by atoms with E-state index in [4.69, 9.17) is 0 Å². The highest BCUT2D eigenvalue weighted by atomic mass is 15.2. The van der Waals surface area contributed by atoms with Gasteiger partial charge in [0, 0.05) is 13.2 Å². The Balaban J connectivity index is 1.47. The summed E-state index contributed by atoms with van der Waals surface area (Å²) in [7, 11) is 2.00. The van der Waals surface area contributed by atoms with Crippen molar-refractivity contribution in [2.24, 2.45) is 13.0 Å². The van der Waals surface area contributed by atoms with Gasteiger partial charge < -0.3 is 0 Å². The Morgan fingerprint density at radius 2 is 2.21 bits per heavy atom. The minimum absolute atomic E-state index is 0.547. The van der Waals surface area contributed by atoms with Gasteiger partial charge in [-0.2, -0.15) is 5.10 Å². The van der Waals surface area contributed by atoms with E-state index in [-0.39, 0.29) is 0 Å². The lowest BCUT2D eigenvalue weighted by Gasteiger charge is -2.11. The Labute approximate surface area is 114 Å². The van der Waals surface area contributed by atoms with Gasteiger partial charge in [0.25, 0.3) is 0 Å². The SMILES string of the molecule is Cn1ccc(CCC2CC23CCc2ccccc23)n1. The van der Waals surface area contributed by atoms with Crippen LogP contribution in [0.2, 0.25) is 0 Å². The molecule has 2 unspecified atom stereocenters. The Morgan fingerprint density at radius 1 is 1.32 bits per heavy atom. The number of rotatable bonds is 3. The summed E-state index contributed by atoms with van der Waals surface area (Å²) in [6, 6.07) is 11.2. The summed E-state index contributed by atoms with van der Waals surface area (Å²) in [4.78, 5) is 0. The molecule has 0 amide bonds. The van der Waals surface area contributed by atoms with E-state index < -0.39 is 0 Å². The minimum atomic E-state index is 0.547. The Hall–Kier alpha value is -1.57. The molecule has 1 heterocycles. The highest BCUT2D eigenvalue weighted by Crippen LogP contribution is 2.62. The van der Waals surface area contributed by atoms with Gasteiger partial charge in [-0.3, -0.25) is 4.68 Å². The molecular formula is C17H20N2. The third-order valence-corrected chi connectivity index (χ3v) is 5.14. The molecule has 4 rings (SSSR count). The third-order valence-electron chi connectivity index (χ3n) is 5.14. The van der Waals surface area contributed by atoms with E-state index in [9.17, 15) is 0 Å². The van der Waals surface area contributed by atoms with Gasteiger partial charge in [0.2, 0.25) is 0 Å². The first kappa shape index (κ1) is 11.3. The van der Waals surface area contributed by atoms with Crippen molar-refractivity contribution in [2.75, 3.05) is 0 Å². The van der Waals surface area contributed by atoms with Crippen LogP contribution in [0.3, 0.4) is 0 Å². The third kappa shape index (κ3) is 1.73. The van der Waals surface area contributed by atoms with Crippen LogP contribution < -0.4 is 0 Å². The van der Waals surface area contributed by atoms with E-state index in [0.29, 0.717) is 5.41 Å². The largest absolute Gasteiger partial charge is 0.276 e. The van der Waals surface area contributed by atoms with E-state index in [1.165, 1.54) is 31.4 Å². The summed E-state index contributed by atoms with van der Waals surface area (Å²) < 4.78 is 1.91. The number of hydrogen-bond acceptors (Lipinski definition) is 1. The van der Waals surface area contributed by atoms with E-state index in [2.05, 4.69) is 35.4 Å². The summed E-state index contributed by atoms with van der Waals surface area (Å²) >= 11 is 0. The van der Waals surface area contributed by atoms with Crippen molar-refractivity contribution in [1.82, 2.24) is 9.78 Å². The van der Waals surface area contributed by atoms with E-state index >= 15 is 0 Å². The second-order valence-corrected chi connectivity index (χ2v) is 6.23. The first-order valence-corrected chi connectivity index (χ1v) is 7.35. The van der Waals surface area contributed by atoms with Crippen molar-refractivity contribution in [3.8, 4) is 0 Å². The number of benzene rings is 1. The lowest BCUT2D eigenvalue weighted by molar-refractivity contribution is 0.561. The van der Waals surface area contributed by atoms with Crippen LogP contribution in [0, 0.1) is 5.92 Å². The Morgan fingerprint density at radius 3 is 3.05 bits per heavy atom. The molecule has 1 aromatic carbocycles. The van der Waals surface area contributed by atoms with Gasteiger partial charge >= 0.3 is 0 Å². The van der Waals surface area contributed by atoms with Crippen molar-refractivity contribution >= 4 is 0 Å². The second kappa shape index (κ2) is 3.96. The molecule has 98 valence electrons. The van der Waals surface area contributed by atoms with Crippen molar-refractivity contribution < 1.29 is 0 Å². The average molecular weight is 252 g/mol. The van der Waals surface area contributed by atoms with Crippen LogP contribution in [0.25, 0.3) is 0 Å². The van der Waals surface area contributed by atoms with Crippen molar-refractivity contribution in [1.29, 1.82) is 0 Å². The summed E-state index contributed by atoms with van der Waals surface area (Å²) in [6.07, 6.45) is 8.54. The minimum Gasteiger partial charge on any atom is -0.276 e. The maximum absolute atomic E-state index is 4.49. The zero-order chi connectivity index (χ0) is 12.9. The fraction of sp³-hybridized carbons (Fsp3) is 0.471. The number of nitrogens with zero attached hydrogens (tertiary/aromatic N) is 2. The molecule has 1 fully saturated rings. The molecule has 0 bridgehead atoms. The summed E-state index contributed by atoms with van der Waals surface area (Å²) in [5, 5.41) is 4.49. The Kier molecular flexibility index (Phi) is 2.35. The number of aryl methyl sites for hydroxylation is 3. The molecule has 2 heteroatoms. The molecule has 0 aliphatic heterocycles. The molecule has 1 saturated carbocycles. The number of hydrogen-bond donors (Lipinski definition) is 0. The molecule has 2 atom stereocenters. The quantitative estimate of drug-likeness (QED) is 0.820. The fourth-order valence-corrected chi connectivity index (χ4v) is 4.03. The highest BCUT2D eigenvalue weighted by molar-refractivity contribution is 5.44. The van der Waals surface area contributed by atoms with Crippen molar-refractivity contribution in [2.45, 2.75) is 37.5 Å². The van der Waals surface area contributed by atoms with Gasteiger partial charge in [-0.15, -0.1) is 0 Å². The average Bonchev–Trinajstić information content (AvgIpc) is 2.75. The molecule has 2 aromatic rings. The highest BCUT2D eigenvalue weighted by Gasteiger charge is 2.56. The zero-order valence-electron chi connectivity index (χ0n) is 11.5. The maximum atomic E-state index is 4.49. The number of aromatic nitrogens is 2. The van der Waals surface area contributed by atoms with Gasteiger partial charge in [-0.1, -0.05) is 24.3 Å². The van der Waals surface area contributed by atoms with Crippen LogP contribution in [0.4, 0.5) is 0 Å². The molecule has 1 aromatic heterocycles. The van der Waals surface area contributed by atoms with Crippen LogP contribution in [-0.2, 0) is 25.3 Å². The molecule has 0 saturated heterocycles. The van der Waals surface area contributed by atoms with Crippen LogP contribution >= 0.6 is 0 Å². The summed E-state index contributed by atoms with van der Waals surface area (Å²) in [5.74, 6) is 0.887. The van der Waals surface area contributed by atoms with Crippen LogP contribution in [0.1, 0.15) is 36.1 Å². The second-order valence-electron chi connectivity index (χ2n) is 6.23. The smallest absolute Gasteiger partial charge is 0.0624 e. The number of fused-ring (bicyclic) bond motifs is 2. The molecule has 2 aliphatic carbocycles. The fourth-order valence-electron chi connectivity index (χ4n) is 4.03.